The van der Waals surface area contributed by atoms with Crippen molar-refractivity contribution in [1.29, 1.82) is 0 Å². The number of benzene rings is 8. The molecule has 0 saturated heterocycles. The number of hydrogen-bond acceptors (Lipinski definition) is 11. The van der Waals surface area contributed by atoms with Crippen molar-refractivity contribution in [2.24, 2.45) is 0 Å². The van der Waals surface area contributed by atoms with Crippen LogP contribution in [0.3, 0.4) is 0 Å². The van der Waals surface area contributed by atoms with Gasteiger partial charge in [0.1, 0.15) is 40.2 Å². The molecule has 594 valence electrons. The van der Waals surface area contributed by atoms with E-state index in [1.165, 1.54) is 48.5 Å². The fraction of sp³-hybridized carbons (Fsp3) is 0.467. The van der Waals surface area contributed by atoms with Gasteiger partial charge in [0, 0.05) is 0 Å². The molecule has 0 unspecified atom stereocenters. The number of para-hydroxylation sites is 7. The van der Waals surface area contributed by atoms with Crippen LogP contribution in [0, 0.1) is 41.5 Å². The number of phenolic OH excluding ortho intramolecular Hbond substituents is 11. The van der Waals surface area contributed by atoms with E-state index < -0.39 is 0 Å². The summed E-state index contributed by atoms with van der Waals surface area (Å²) in [5, 5.41) is 96.6. The lowest BCUT2D eigenvalue weighted by Crippen LogP contribution is -1.83. The van der Waals surface area contributed by atoms with Gasteiger partial charge in [-0.2, -0.15) is 0 Å². The van der Waals surface area contributed by atoms with Crippen molar-refractivity contribution in [3.8, 4) is 63.2 Å². The first kappa shape index (κ1) is 140. The predicted octanol–water partition coefficient (Wildman–Crippen LogP) is 30.6. The van der Waals surface area contributed by atoms with Gasteiger partial charge in [0.05, 0.1) is 0 Å². The normalized spacial score (nSPS) is 6.95. The van der Waals surface area contributed by atoms with E-state index >= 15 is 0 Å². The monoisotopic (exact) mass is 1430 g/mol. The van der Waals surface area contributed by atoms with Crippen molar-refractivity contribution in [3.63, 3.8) is 0 Å². The fourth-order valence-corrected chi connectivity index (χ4v) is 4.46. The minimum absolute atomic E-state index is 0.0764. The van der Waals surface area contributed by atoms with Gasteiger partial charge in [0.15, 0.2) is 23.0 Å². The summed E-state index contributed by atoms with van der Waals surface area (Å²) in [5.41, 5.74) is 6.03. The molecule has 0 amide bonds. The van der Waals surface area contributed by atoms with Crippen LogP contribution in [0.1, 0.15) is 283 Å². The minimum atomic E-state index is -0.0764. The Morgan fingerprint density at radius 2 is 0.347 bits per heavy atom. The second-order valence-electron chi connectivity index (χ2n) is 13.9. The summed E-state index contributed by atoms with van der Waals surface area (Å²) in [7, 11) is 0. The number of hydrogen-bond donors (Lipinski definition) is 11. The van der Waals surface area contributed by atoms with Crippen molar-refractivity contribution in [1.82, 2.24) is 0 Å². The molecule has 11 N–H and O–H groups in total. The molecule has 0 aromatic heterocycles. The molecule has 0 saturated carbocycles. The van der Waals surface area contributed by atoms with E-state index in [1.807, 2.05) is 345 Å². The Bertz CT molecular complexity index is 2270. The Hall–Kier alpha value is -8.44. The summed E-state index contributed by atoms with van der Waals surface area (Å²) in [6, 6.07) is 52.3. The molecule has 0 radical (unpaired) electrons. The molecule has 0 aliphatic carbocycles. The lowest BCUT2D eigenvalue weighted by molar-refractivity contribution is 0.404. The highest BCUT2D eigenvalue weighted by molar-refractivity contribution is 5.43. The highest BCUT2D eigenvalue weighted by atomic mass is 16.3. The third-order valence-electron chi connectivity index (χ3n) is 8.51. The quantitative estimate of drug-likeness (QED) is 0.0506. The molecular formula is C90H168O11. The van der Waals surface area contributed by atoms with Gasteiger partial charge in [-0.15, -0.1) is 0 Å². The summed E-state index contributed by atoms with van der Waals surface area (Å²) in [6.45, 7) is 83.5. The van der Waals surface area contributed by atoms with Gasteiger partial charge < -0.3 is 56.2 Å². The van der Waals surface area contributed by atoms with Gasteiger partial charge in [-0.05, 0) is 160 Å². The maximum absolute atomic E-state index is 9.39. The predicted molar refractivity (Wildman–Crippen MR) is 463 cm³/mol. The second-order valence-corrected chi connectivity index (χ2v) is 13.9. The van der Waals surface area contributed by atoms with Crippen molar-refractivity contribution >= 4 is 0 Å². The molecule has 101 heavy (non-hydrogen) atoms. The first-order chi connectivity index (χ1) is 48.8. The summed E-state index contributed by atoms with van der Waals surface area (Å²) in [6.07, 6.45) is 0. The molecule has 0 spiro atoms. The van der Waals surface area contributed by atoms with Crippen LogP contribution < -0.4 is 0 Å². The van der Waals surface area contributed by atoms with Crippen molar-refractivity contribution in [3.05, 3.63) is 221 Å². The number of aromatic hydroxyl groups is 11. The largest absolute Gasteiger partial charge is 0.508 e. The molecule has 0 atom stereocenters. The van der Waals surface area contributed by atoms with Crippen molar-refractivity contribution < 1.29 is 56.2 Å². The third-order valence-corrected chi connectivity index (χ3v) is 8.51. The first-order valence-corrected chi connectivity index (χ1v) is 38.0. The number of phenols is 11. The van der Waals surface area contributed by atoms with E-state index in [2.05, 4.69) is 0 Å². The minimum Gasteiger partial charge on any atom is -0.508 e. The molecule has 11 heteroatoms. The second kappa shape index (κ2) is 139. The molecule has 0 aliphatic rings. The van der Waals surface area contributed by atoms with Gasteiger partial charge in [-0.3, -0.25) is 0 Å². The molecule has 0 bridgehead atoms. The topological polar surface area (TPSA) is 223 Å². The van der Waals surface area contributed by atoms with E-state index in [-0.39, 0.29) is 34.5 Å². The SMILES string of the molecule is CC.CC.CC.CC.CC.CC.CC.CC.CC.CC.CC.CC.CC.CC.CC.CC.CC.CC.Cc1ccc(C)c(O)c1.Cc1ccc(C)c(O)c1C.Cc1ccccc1O.Oc1ccc(O)cc1.Oc1ccccc1.Oc1ccccc1.Oc1ccccc1O.Oc1ccccc1O. The van der Waals surface area contributed by atoms with Gasteiger partial charge in [0.2, 0.25) is 0 Å². The Morgan fingerprint density at radius 1 is 0.158 bits per heavy atom. The van der Waals surface area contributed by atoms with Crippen LogP contribution in [0.2, 0.25) is 0 Å². The maximum atomic E-state index is 9.39. The average molecular weight is 1430 g/mol. The van der Waals surface area contributed by atoms with E-state index in [4.69, 9.17) is 51.1 Å². The maximum Gasteiger partial charge on any atom is 0.157 e. The lowest BCUT2D eigenvalue weighted by Gasteiger charge is -2.04. The summed E-state index contributed by atoms with van der Waals surface area (Å²) >= 11 is 0. The van der Waals surface area contributed by atoms with Crippen LogP contribution >= 0.6 is 0 Å². The third kappa shape index (κ3) is 113. The first-order valence-electron chi connectivity index (χ1n) is 38.0. The molecule has 0 heterocycles. The van der Waals surface area contributed by atoms with Gasteiger partial charge in [-0.25, -0.2) is 0 Å². The molecule has 0 fully saturated rings. The number of rotatable bonds is 0. The zero-order valence-electron chi connectivity index (χ0n) is 73.3. The zero-order valence-corrected chi connectivity index (χ0v) is 73.3. The molecule has 11 nitrogen and oxygen atoms in total. The van der Waals surface area contributed by atoms with Crippen LogP contribution in [-0.4, -0.2) is 56.2 Å². The Balaban J connectivity index is -0.0000000458. The Kier molecular flexibility index (Phi) is 192. The van der Waals surface area contributed by atoms with E-state index in [0.29, 0.717) is 28.7 Å². The Labute approximate surface area is 628 Å². The molecular weight excluding hydrogens is 1260 g/mol. The Morgan fingerprint density at radius 3 is 0.515 bits per heavy atom. The molecule has 8 rings (SSSR count). The van der Waals surface area contributed by atoms with Crippen LogP contribution in [-0.2, 0) is 0 Å². The van der Waals surface area contributed by atoms with Crippen LogP contribution in [0.5, 0.6) is 63.2 Å². The highest BCUT2D eigenvalue weighted by Gasteiger charge is 2.01. The van der Waals surface area contributed by atoms with Gasteiger partial charge >= 0.3 is 0 Å². The summed E-state index contributed by atoms with van der Waals surface area (Å²) in [4.78, 5) is 0. The van der Waals surface area contributed by atoms with Crippen molar-refractivity contribution in [2.45, 2.75) is 291 Å². The van der Waals surface area contributed by atoms with Gasteiger partial charge in [-0.1, -0.05) is 352 Å². The lowest BCUT2D eigenvalue weighted by atomic mass is 10.1. The molecule has 8 aromatic rings. The zero-order chi connectivity index (χ0) is 84.7. The average Bonchev–Trinajstić information content (AvgIpc) is 0.902. The van der Waals surface area contributed by atoms with E-state index in [9.17, 15) is 5.11 Å². The van der Waals surface area contributed by atoms with E-state index in [1.54, 1.807) is 84.9 Å². The summed E-state index contributed by atoms with van der Waals surface area (Å²) < 4.78 is 0. The highest BCUT2D eigenvalue weighted by Crippen LogP contribution is 2.24. The molecule has 0 aliphatic heterocycles. The molecule has 8 aromatic carbocycles. The van der Waals surface area contributed by atoms with Crippen LogP contribution in [0.25, 0.3) is 0 Å². The van der Waals surface area contributed by atoms with E-state index in [0.717, 1.165) is 33.4 Å². The smallest absolute Gasteiger partial charge is 0.157 e. The summed E-state index contributed by atoms with van der Waals surface area (Å²) in [5.74, 6) is 1.86. The standard InChI is InChI=1S/C9H12O.C8H10O.C7H8O.3C6H6O2.2C6H6O.18C2H6/c1-6-4-5-7(2)9(10)8(6)3;1-6-3-4-7(2)8(9)5-6;1-6-4-2-3-5-7(6)8;7-5-1-2-6(8)4-3-5;2*7-5-3-1-2-4-6(5)8;2*7-6-4-2-1-3-5-6;18*1-2/h4-5,10H,1-3H3;3-5,9H,1-2H3;2-5,8H,1H3;3*1-4,7-8H;2*1-5,7H;18*1-2H3. The van der Waals surface area contributed by atoms with Crippen LogP contribution in [0.4, 0.5) is 0 Å². The fourth-order valence-electron chi connectivity index (χ4n) is 4.46. The van der Waals surface area contributed by atoms with Gasteiger partial charge in [0.25, 0.3) is 0 Å². The van der Waals surface area contributed by atoms with Crippen molar-refractivity contribution in [2.75, 3.05) is 0 Å². The number of aryl methyl sites for hydroxylation is 5. The van der Waals surface area contributed by atoms with Crippen LogP contribution in [0.15, 0.2) is 188 Å².